The summed E-state index contributed by atoms with van der Waals surface area (Å²) in [5.41, 5.74) is 0. The quantitative estimate of drug-likeness (QED) is 0.195. The molecule has 0 aliphatic heterocycles. The summed E-state index contributed by atoms with van der Waals surface area (Å²) in [6.07, 6.45) is 26.4. The van der Waals surface area contributed by atoms with Crippen molar-refractivity contribution < 1.29 is 0 Å². The number of alkyl halides is 1. The van der Waals surface area contributed by atoms with Gasteiger partial charge in [0.1, 0.15) is 0 Å². The summed E-state index contributed by atoms with van der Waals surface area (Å²) in [5, 5.41) is 1.16. The first-order valence-corrected chi connectivity index (χ1v) is 9.05. The average molecular weight is 327 g/mol. The molecule has 0 aromatic rings. The van der Waals surface area contributed by atoms with Crippen LogP contribution in [0.1, 0.15) is 71.1 Å². The van der Waals surface area contributed by atoms with Crippen LogP contribution in [-0.2, 0) is 0 Å². The molecule has 0 aliphatic carbocycles. The molecule has 0 heterocycles. The molecule has 1 heteroatoms. The average Bonchev–Trinajstić information content (AvgIpc) is 2.43. The molecule has 0 saturated carbocycles. The molecule has 0 unspecified atom stereocenters. The van der Waals surface area contributed by atoms with Crippen molar-refractivity contribution in [1.29, 1.82) is 0 Å². The normalized spacial score (nSPS) is 12.3. The van der Waals surface area contributed by atoms with Crippen LogP contribution in [-0.4, -0.2) is 5.33 Å². The van der Waals surface area contributed by atoms with Crippen LogP contribution in [0.2, 0.25) is 0 Å². The van der Waals surface area contributed by atoms with E-state index in [9.17, 15) is 0 Å². The lowest BCUT2D eigenvalue weighted by atomic mass is 10.1. The zero-order valence-corrected chi connectivity index (χ0v) is 14.2. The maximum atomic E-state index is 3.47. The van der Waals surface area contributed by atoms with E-state index in [0.29, 0.717) is 0 Å². The molecule has 110 valence electrons. The molecule has 0 rings (SSSR count). The number of allylic oxidation sites excluding steroid dienone is 6. The van der Waals surface area contributed by atoms with E-state index in [0.717, 1.165) is 24.6 Å². The van der Waals surface area contributed by atoms with E-state index in [4.69, 9.17) is 0 Å². The van der Waals surface area contributed by atoms with Crippen LogP contribution in [0, 0.1) is 0 Å². The molecule has 19 heavy (non-hydrogen) atoms. The zero-order chi connectivity index (χ0) is 14.0. The van der Waals surface area contributed by atoms with Crippen LogP contribution in [0.3, 0.4) is 0 Å². The Bertz CT molecular complexity index is 238. The van der Waals surface area contributed by atoms with Crippen LogP contribution in [0.4, 0.5) is 0 Å². The first-order chi connectivity index (χ1) is 9.41. The highest BCUT2D eigenvalue weighted by molar-refractivity contribution is 9.09. The van der Waals surface area contributed by atoms with Gasteiger partial charge in [0.25, 0.3) is 0 Å². The fourth-order valence-electron chi connectivity index (χ4n) is 1.89. The molecular formula is C18H31Br. The molecule has 0 saturated heterocycles. The Balaban J connectivity index is 3.19. The lowest BCUT2D eigenvalue weighted by Gasteiger charge is -1.98. The van der Waals surface area contributed by atoms with Crippen molar-refractivity contribution in [1.82, 2.24) is 0 Å². The van der Waals surface area contributed by atoms with Crippen molar-refractivity contribution in [3.05, 3.63) is 36.5 Å². The molecule has 0 aromatic carbocycles. The Hall–Kier alpha value is -0.300. The maximum Gasteiger partial charge on any atom is 0.00313 e. The zero-order valence-electron chi connectivity index (χ0n) is 12.6. The van der Waals surface area contributed by atoms with Gasteiger partial charge in [0, 0.05) is 5.33 Å². The maximum absolute atomic E-state index is 3.47. The summed E-state index contributed by atoms with van der Waals surface area (Å²) in [7, 11) is 0. The first-order valence-electron chi connectivity index (χ1n) is 7.92. The summed E-state index contributed by atoms with van der Waals surface area (Å²) in [5.74, 6) is 0. The Morgan fingerprint density at radius 1 is 0.632 bits per heavy atom. The van der Waals surface area contributed by atoms with E-state index < -0.39 is 0 Å². The smallest absolute Gasteiger partial charge is 0.00313 e. The van der Waals surface area contributed by atoms with E-state index in [1.807, 2.05) is 0 Å². The van der Waals surface area contributed by atoms with Crippen molar-refractivity contribution in [3.63, 3.8) is 0 Å². The highest BCUT2D eigenvalue weighted by Crippen LogP contribution is 2.08. The third kappa shape index (κ3) is 17.7. The largest absolute Gasteiger partial charge is 0.0928 e. The minimum atomic E-state index is 1.08. The Morgan fingerprint density at radius 2 is 1.16 bits per heavy atom. The summed E-state index contributed by atoms with van der Waals surface area (Å²) >= 11 is 3.47. The second kappa shape index (κ2) is 17.7. The van der Waals surface area contributed by atoms with Gasteiger partial charge in [0.15, 0.2) is 0 Å². The third-order valence-corrected chi connectivity index (χ3v) is 3.60. The summed E-state index contributed by atoms with van der Waals surface area (Å²) in [6.45, 7) is 2.17. The molecule has 0 aliphatic rings. The van der Waals surface area contributed by atoms with Gasteiger partial charge < -0.3 is 0 Å². The molecule has 0 radical (unpaired) electrons. The van der Waals surface area contributed by atoms with Crippen molar-refractivity contribution >= 4 is 15.9 Å². The van der Waals surface area contributed by atoms with Crippen LogP contribution >= 0.6 is 15.9 Å². The SMILES string of the molecule is CC/C=C/C/C=C/C/C=C/CCCCCCCCBr. The Morgan fingerprint density at radius 3 is 1.79 bits per heavy atom. The molecule has 0 spiro atoms. The van der Waals surface area contributed by atoms with Crippen LogP contribution < -0.4 is 0 Å². The second-order valence-electron chi connectivity index (χ2n) is 4.89. The topological polar surface area (TPSA) is 0 Å². The summed E-state index contributed by atoms with van der Waals surface area (Å²) < 4.78 is 0. The predicted molar refractivity (Wildman–Crippen MR) is 93.1 cm³/mol. The van der Waals surface area contributed by atoms with Crippen LogP contribution in [0.25, 0.3) is 0 Å². The highest BCUT2D eigenvalue weighted by atomic mass is 79.9. The predicted octanol–water partition coefficient (Wildman–Crippen LogP) is 6.97. The summed E-state index contributed by atoms with van der Waals surface area (Å²) in [6, 6.07) is 0. The van der Waals surface area contributed by atoms with Gasteiger partial charge in [-0.3, -0.25) is 0 Å². The van der Waals surface area contributed by atoms with Crippen molar-refractivity contribution in [2.45, 2.75) is 71.1 Å². The van der Waals surface area contributed by atoms with Crippen molar-refractivity contribution in [3.8, 4) is 0 Å². The first kappa shape index (κ1) is 18.7. The van der Waals surface area contributed by atoms with Crippen LogP contribution in [0.15, 0.2) is 36.5 Å². The second-order valence-corrected chi connectivity index (χ2v) is 5.69. The minimum absolute atomic E-state index is 1.08. The van der Waals surface area contributed by atoms with Gasteiger partial charge in [-0.05, 0) is 38.5 Å². The number of hydrogen-bond acceptors (Lipinski definition) is 0. The Labute approximate surface area is 129 Å². The van der Waals surface area contributed by atoms with E-state index in [1.54, 1.807) is 0 Å². The molecule has 0 nitrogen and oxygen atoms in total. The fraction of sp³-hybridized carbons (Fsp3) is 0.667. The van der Waals surface area contributed by atoms with E-state index in [2.05, 4.69) is 59.3 Å². The van der Waals surface area contributed by atoms with Gasteiger partial charge in [-0.25, -0.2) is 0 Å². The number of rotatable bonds is 13. The van der Waals surface area contributed by atoms with E-state index >= 15 is 0 Å². The van der Waals surface area contributed by atoms with Gasteiger partial charge >= 0.3 is 0 Å². The van der Waals surface area contributed by atoms with Crippen LogP contribution in [0.5, 0.6) is 0 Å². The van der Waals surface area contributed by atoms with E-state index in [-0.39, 0.29) is 0 Å². The van der Waals surface area contributed by atoms with Gasteiger partial charge in [-0.2, -0.15) is 0 Å². The fourth-order valence-corrected chi connectivity index (χ4v) is 2.29. The molecule has 0 atom stereocenters. The number of halogens is 1. The van der Waals surface area contributed by atoms with Gasteiger partial charge in [-0.1, -0.05) is 85.0 Å². The summed E-state index contributed by atoms with van der Waals surface area (Å²) in [4.78, 5) is 0. The molecular weight excluding hydrogens is 296 g/mol. The number of unbranched alkanes of at least 4 members (excludes halogenated alkanes) is 6. The van der Waals surface area contributed by atoms with Crippen molar-refractivity contribution in [2.24, 2.45) is 0 Å². The lowest BCUT2D eigenvalue weighted by Crippen LogP contribution is -1.80. The molecule has 0 N–H and O–H groups in total. The molecule has 0 fully saturated rings. The highest BCUT2D eigenvalue weighted by Gasteiger charge is 1.89. The van der Waals surface area contributed by atoms with Gasteiger partial charge in [-0.15, -0.1) is 0 Å². The van der Waals surface area contributed by atoms with Gasteiger partial charge in [0.05, 0.1) is 0 Å². The van der Waals surface area contributed by atoms with Gasteiger partial charge in [0.2, 0.25) is 0 Å². The van der Waals surface area contributed by atoms with Crippen molar-refractivity contribution in [2.75, 3.05) is 5.33 Å². The molecule has 0 amide bonds. The lowest BCUT2D eigenvalue weighted by molar-refractivity contribution is 0.613. The minimum Gasteiger partial charge on any atom is -0.0928 e. The monoisotopic (exact) mass is 326 g/mol. The molecule has 0 bridgehead atoms. The third-order valence-electron chi connectivity index (χ3n) is 3.03. The number of hydrogen-bond donors (Lipinski definition) is 0. The Kier molecular flexibility index (Phi) is 17.4. The molecule has 0 aromatic heterocycles. The standard InChI is InChI=1S/C18H31Br/c1-2-3-4-5-6-7-8-9-10-11-12-13-14-15-16-17-18-19/h3-4,6-7,9-10H,2,5,8,11-18H2,1H3/b4-3+,7-6+,10-9+. The van der Waals surface area contributed by atoms with E-state index in [1.165, 1.54) is 44.9 Å².